The quantitative estimate of drug-likeness (QED) is 0.637. The highest BCUT2D eigenvalue weighted by molar-refractivity contribution is 7.99. The zero-order valence-electron chi connectivity index (χ0n) is 13.9. The first-order chi connectivity index (χ1) is 12.1. The third-order valence-electron chi connectivity index (χ3n) is 3.79. The van der Waals surface area contributed by atoms with E-state index >= 15 is 0 Å². The summed E-state index contributed by atoms with van der Waals surface area (Å²) in [6, 6.07) is 17.0. The lowest BCUT2D eigenvalue weighted by molar-refractivity contribution is -0.115. The zero-order valence-corrected chi connectivity index (χ0v) is 15.5. The van der Waals surface area contributed by atoms with Gasteiger partial charge in [0.2, 0.25) is 5.91 Å². The van der Waals surface area contributed by atoms with Crippen LogP contribution in [0.25, 0.3) is 11.4 Å². The summed E-state index contributed by atoms with van der Waals surface area (Å²) < 4.78 is 1.85. The molecular weight excluding hydrogens is 356 g/mol. The summed E-state index contributed by atoms with van der Waals surface area (Å²) in [5, 5.41) is 9.69. The molecule has 0 saturated carbocycles. The predicted molar refractivity (Wildman–Crippen MR) is 102 cm³/mol. The minimum atomic E-state index is -0.00139. The standard InChI is InChI=1S/C18H17ClN4OS/c1-22(13-8-4-3-5-9-13)16(24)12-25-18-21-20-17(23(18)2)14-10-6-7-11-15(14)19/h3-11H,12H2,1-2H3. The first-order valence-corrected chi connectivity index (χ1v) is 9.03. The second-order valence-electron chi connectivity index (χ2n) is 5.42. The second-order valence-corrected chi connectivity index (χ2v) is 6.77. The SMILES string of the molecule is CN(C(=O)CSc1nnc(-c2ccccc2Cl)n1C)c1ccccc1. The van der Waals surface area contributed by atoms with Gasteiger partial charge in [-0.15, -0.1) is 10.2 Å². The first-order valence-electron chi connectivity index (χ1n) is 7.66. The Morgan fingerprint density at radius 3 is 2.52 bits per heavy atom. The molecule has 0 spiro atoms. The van der Waals surface area contributed by atoms with E-state index in [0.29, 0.717) is 16.0 Å². The van der Waals surface area contributed by atoms with Gasteiger partial charge in [-0.25, -0.2) is 0 Å². The molecule has 3 rings (SSSR count). The zero-order chi connectivity index (χ0) is 17.8. The van der Waals surface area contributed by atoms with Crippen LogP contribution in [0.1, 0.15) is 0 Å². The van der Waals surface area contributed by atoms with Gasteiger partial charge in [-0.05, 0) is 24.3 Å². The lowest BCUT2D eigenvalue weighted by Crippen LogP contribution is -2.27. The monoisotopic (exact) mass is 372 g/mol. The molecule has 25 heavy (non-hydrogen) atoms. The number of thioether (sulfide) groups is 1. The van der Waals surface area contributed by atoms with Crippen LogP contribution in [0, 0.1) is 0 Å². The van der Waals surface area contributed by atoms with Gasteiger partial charge in [0, 0.05) is 25.3 Å². The minimum Gasteiger partial charge on any atom is -0.315 e. The first kappa shape index (κ1) is 17.5. The molecular formula is C18H17ClN4OS. The summed E-state index contributed by atoms with van der Waals surface area (Å²) in [6.07, 6.45) is 0. The fraction of sp³-hybridized carbons (Fsp3) is 0.167. The van der Waals surface area contributed by atoms with Gasteiger partial charge in [0.1, 0.15) is 0 Å². The average molecular weight is 373 g/mol. The fourth-order valence-electron chi connectivity index (χ4n) is 2.34. The molecule has 3 aromatic rings. The summed E-state index contributed by atoms with van der Waals surface area (Å²) in [7, 11) is 3.64. The highest BCUT2D eigenvalue weighted by Gasteiger charge is 2.16. The Balaban J connectivity index is 1.70. The smallest absolute Gasteiger partial charge is 0.237 e. The number of nitrogens with zero attached hydrogens (tertiary/aromatic N) is 4. The largest absolute Gasteiger partial charge is 0.315 e. The number of benzene rings is 2. The van der Waals surface area contributed by atoms with Crippen LogP contribution in [0.3, 0.4) is 0 Å². The molecule has 128 valence electrons. The van der Waals surface area contributed by atoms with E-state index in [1.54, 1.807) is 11.9 Å². The number of hydrogen-bond acceptors (Lipinski definition) is 4. The van der Waals surface area contributed by atoms with Gasteiger partial charge in [-0.1, -0.05) is 53.7 Å². The number of hydrogen-bond donors (Lipinski definition) is 0. The van der Waals surface area contributed by atoms with Crippen molar-refractivity contribution < 1.29 is 4.79 Å². The van der Waals surface area contributed by atoms with Crippen molar-refractivity contribution in [2.24, 2.45) is 7.05 Å². The van der Waals surface area contributed by atoms with Gasteiger partial charge in [0.05, 0.1) is 10.8 Å². The lowest BCUT2D eigenvalue weighted by Gasteiger charge is -2.16. The van der Waals surface area contributed by atoms with Gasteiger partial charge in [0.25, 0.3) is 0 Å². The topological polar surface area (TPSA) is 51.0 Å². The van der Waals surface area contributed by atoms with E-state index in [-0.39, 0.29) is 11.7 Å². The number of carbonyl (C=O) groups excluding carboxylic acids is 1. The maximum absolute atomic E-state index is 12.4. The van der Waals surface area contributed by atoms with E-state index in [9.17, 15) is 4.79 Å². The Kier molecular flexibility index (Phi) is 5.40. The van der Waals surface area contributed by atoms with E-state index in [1.807, 2.05) is 66.2 Å². The van der Waals surface area contributed by atoms with Gasteiger partial charge < -0.3 is 9.47 Å². The predicted octanol–water partition coefficient (Wildman–Crippen LogP) is 3.89. The molecule has 5 nitrogen and oxygen atoms in total. The van der Waals surface area contributed by atoms with Crippen LogP contribution in [0.4, 0.5) is 5.69 Å². The Hall–Kier alpha value is -2.31. The number of para-hydroxylation sites is 1. The van der Waals surface area contributed by atoms with Crippen LogP contribution < -0.4 is 4.90 Å². The Bertz CT molecular complexity index is 882. The average Bonchev–Trinajstić information content (AvgIpc) is 3.00. The molecule has 0 saturated heterocycles. The molecule has 0 bridgehead atoms. The molecule has 1 heterocycles. The molecule has 0 fully saturated rings. The van der Waals surface area contributed by atoms with Crippen molar-refractivity contribution in [1.29, 1.82) is 0 Å². The molecule has 0 aliphatic heterocycles. The summed E-state index contributed by atoms with van der Waals surface area (Å²) in [5.41, 5.74) is 1.68. The fourth-order valence-corrected chi connectivity index (χ4v) is 3.38. The molecule has 0 atom stereocenters. The summed E-state index contributed by atoms with van der Waals surface area (Å²) in [4.78, 5) is 14.0. The molecule has 0 radical (unpaired) electrons. The number of amides is 1. The molecule has 7 heteroatoms. The number of anilines is 1. The Morgan fingerprint density at radius 2 is 1.80 bits per heavy atom. The van der Waals surface area contributed by atoms with Crippen LogP contribution in [-0.4, -0.2) is 33.5 Å². The highest BCUT2D eigenvalue weighted by Crippen LogP contribution is 2.28. The second kappa shape index (κ2) is 7.72. The summed E-state index contributed by atoms with van der Waals surface area (Å²) in [6.45, 7) is 0. The van der Waals surface area contributed by atoms with Crippen LogP contribution in [0.15, 0.2) is 59.8 Å². The van der Waals surface area contributed by atoms with Crippen molar-refractivity contribution in [2.45, 2.75) is 5.16 Å². The summed E-state index contributed by atoms with van der Waals surface area (Å²) in [5.74, 6) is 0.954. The number of rotatable bonds is 5. The van der Waals surface area contributed by atoms with Crippen molar-refractivity contribution in [2.75, 3.05) is 17.7 Å². The third-order valence-corrected chi connectivity index (χ3v) is 5.13. The molecule has 1 amide bonds. The van der Waals surface area contributed by atoms with E-state index in [1.165, 1.54) is 11.8 Å². The van der Waals surface area contributed by atoms with E-state index in [0.717, 1.165) is 11.3 Å². The van der Waals surface area contributed by atoms with Crippen molar-refractivity contribution in [3.63, 3.8) is 0 Å². The molecule has 0 aliphatic rings. The highest BCUT2D eigenvalue weighted by atomic mass is 35.5. The van der Waals surface area contributed by atoms with E-state index in [4.69, 9.17) is 11.6 Å². The third kappa shape index (κ3) is 3.86. The van der Waals surface area contributed by atoms with Crippen molar-refractivity contribution in [3.8, 4) is 11.4 Å². The van der Waals surface area contributed by atoms with Gasteiger partial charge in [-0.3, -0.25) is 4.79 Å². The van der Waals surface area contributed by atoms with Crippen LogP contribution in [0.5, 0.6) is 0 Å². The molecule has 1 aromatic heterocycles. The van der Waals surface area contributed by atoms with Gasteiger partial charge in [0.15, 0.2) is 11.0 Å². The molecule has 0 unspecified atom stereocenters. The Labute approximate surface area is 155 Å². The minimum absolute atomic E-state index is 0.00139. The number of aromatic nitrogens is 3. The lowest BCUT2D eigenvalue weighted by atomic mass is 10.2. The number of halogens is 1. The maximum Gasteiger partial charge on any atom is 0.237 e. The number of carbonyl (C=O) groups is 1. The maximum atomic E-state index is 12.4. The van der Waals surface area contributed by atoms with Crippen LogP contribution >= 0.6 is 23.4 Å². The van der Waals surface area contributed by atoms with Crippen molar-refractivity contribution in [1.82, 2.24) is 14.8 Å². The van der Waals surface area contributed by atoms with Crippen molar-refractivity contribution in [3.05, 3.63) is 59.6 Å². The summed E-state index contributed by atoms with van der Waals surface area (Å²) >= 11 is 7.58. The van der Waals surface area contributed by atoms with Gasteiger partial charge in [-0.2, -0.15) is 0 Å². The Morgan fingerprint density at radius 1 is 1.12 bits per heavy atom. The van der Waals surface area contributed by atoms with Crippen LogP contribution in [-0.2, 0) is 11.8 Å². The normalized spacial score (nSPS) is 10.7. The molecule has 0 N–H and O–H groups in total. The van der Waals surface area contributed by atoms with Crippen molar-refractivity contribution >= 4 is 35.0 Å². The molecule has 2 aromatic carbocycles. The van der Waals surface area contributed by atoms with E-state index in [2.05, 4.69) is 10.2 Å². The van der Waals surface area contributed by atoms with Gasteiger partial charge >= 0.3 is 0 Å². The van der Waals surface area contributed by atoms with Crippen LogP contribution in [0.2, 0.25) is 5.02 Å². The van der Waals surface area contributed by atoms with E-state index < -0.39 is 0 Å². The molecule has 0 aliphatic carbocycles.